The lowest BCUT2D eigenvalue weighted by Crippen LogP contribution is -2.14. The van der Waals surface area contributed by atoms with E-state index in [0.717, 1.165) is 12.1 Å². The average Bonchev–Trinajstić information content (AvgIpc) is 3.29. The van der Waals surface area contributed by atoms with Crippen molar-refractivity contribution in [3.8, 4) is 17.3 Å². The summed E-state index contributed by atoms with van der Waals surface area (Å²) in [6.07, 6.45) is -0.311. The Morgan fingerprint density at radius 1 is 1.03 bits per heavy atom. The van der Waals surface area contributed by atoms with Crippen LogP contribution >= 0.6 is 0 Å². The Balaban J connectivity index is 1.46. The van der Waals surface area contributed by atoms with Gasteiger partial charge in [0.1, 0.15) is 17.9 Å². The van der Waals surface area contributed by atoms with E-state index in [9.17, 15) is 18.0 Å². The maximum atomic E-state index is 13.6. The Hall–Kier alpha value is -4.93. The number of nitrogens with one attached hydrogen (secondary N) is 1. The summed E-state index contributed by atoms with van der Waals surface area (Å²) in [5, 5.41) is 3.88. The van der Waals surface area contributed by atoms with Crippen LogP contribution in [0.5, 0.6) is 11.6 Å². The van der Waals surface area contributed by atoms with Gasteiger partial charge in [0.2, 0.25) is 5.88 Å². The van der Waals surface area contributed by atoms with Crippen LogP contribution in [0.25, 0.3) is 16.5 Å². The molecule has 5 rings (SSSR count). The summed E-state index contributed by atoms with van der Waals surface area (Å²) in [7, 11) is 0. The zero-order valence-corrected chi connectivity index (χ0v) is 19.3. The van der Waals surface area contributed by atoms with E-state index in [-0.39, 0.29) is 28.6 Å². The van der Waals surface area contributed by atoms with Gasteiger partial charge >= 0.3 is 6.18 Å². The van der Waals surface area contributed by atoms with Crippen LogP contribution in [0.2, 0.25) is 0 Å². The van der Waals surface area contributed by atoms with Gasteiger partial charge in [-0.1, -0.05) is 12.1 Å². The van der Waals surface area contributed by atoms with Gasteiger partial charge in [0.25, 0.3) is 5.91 Å². The van der Waals surface area contributed by atoms with Crippen LogP contribution in [0.4, 0.5) is 24.7 Å². The van der Waals surface area contributed by atoms with Gasteiger partial charge in [0.15, 0.2) is 0 Å². The highest BCUT2D eigenvalue weighted by Crippen LogP contribution is 2.34. The quantitative estimate of drug-likeness (QED) is 0.315. The standard InChI is InChI=1S/C26H19F3N6O2/c1-15-12-35(14-33-15)19-9-17(26(27,28)29)8-18(10-19)34-25(36)22-4-2-3-16-7-20(5-6-21(16)22)37-24-11-23(30)31-13-32-24/h2-14H,1H3,(H,34,36)(H2,30,31,32). The molecule has 2 aromatic heterocycles. The van der Waals surface area contributed by atoms with E-state index >= 15 is 0 Å². The molecule has 2 heterocycles. The summed E-state index contributed by atoms with van der Waals surface area (Å²) >= 11 is 0. The minimum absolute atomic E-state index is 0.000477. The Bertz CT molecular complexity index is 1630. The number of nitrogens with zero attached hydrogens (tertiary/aromatic N) is 4. The zero-order chi connectivity index (χ0) is 26.2. The molecule has 3 N–H and O–H groups in total. The lowest BCUT2D eigenvalue weighted by Gasteiger charge is -2.14. The SMILES string of the molecule is Cc1cn(-c2cc(NC(=O)c3cccc4cc(Oc5cc(N)ncn5)ccc34)cc(C(F)(F)F)c2)cn1. The van der Waals surface area contributed by atoms with E-state index in [1.807, 2.05) is 0 Å². The van der Waals surface area contributed by atoms with Gasteiger partial charge < -0.3 is 20.4 Å². The second-order valence-corrected chi connectivity index (χ2v) is 8.21. The third kappa shape index (κ3) is 5.20. The molecule has 0 unspecified atom stereocenters. The van der Waals surface area contributed by atoms with E-state index in [4.69, 9.17) is 10.5 Å². The first-order valence-corrected chi connectivity index (χ1v) is 11.0. The zero-order valence-electron chi connectivity index (χ0n) is 19.3. The van der Waals surface area contributed by atoms with E-state index in [0.29, 0.717) is 22.2 Å². The lowest BCUT2D eigenvalue weighted by molar-refractivity contribution is -0.137. The number of imidazole rings is 1. The third-order valence-electron chi connectivity index (χ3n) is 5.49. The molecular weight excluding hydrogens is 485 g/mol. The minimum Gasteiger partial charge on any atom is -0.439 e. The number of fused-ring (bicyclic) bond motifs is 1. The highest BCUT2D eigenvalue weighted by molar-refractivity contribution is 6.13. The van der Waals surface area contributed by atoms with Crippen LogP contribution in [0, 0.1) is 6.92 Å². The van der Waals surface area contributed by atoms with E-state index in [1.165, 1.54) is 29.4 Å². The second kappa shape index (κ2) is 9.26. The van der Waals surface area contributed by atoms with Crippen LogP contribution in [-0.2, 0) is 6.18 Å². The van der Waals surface area contributed by atoms with Crippen LogP contribution in [-0.4, -0.2) is 25.4 Å². The summed E-state index contributed by atoms with van der Waals surface area (Å²) < 4.78 is 48.0. The number of carbonyl (C=O) groups is 1. The number of aromatic nitrogens is 4. The predicted octanol–water partition coefficient (Wildman–Crippen LogP) is 5.77. The van der Waals surface area contributed by atoms with Gasteiger partial charge in [-0.15, -0.1) is 0 Å². The van der Waals surface area contributed by atoms with E-state index in [1.54, 1.807) is 49.5 Å². The van der Waals surface area contributed by atoms with Crippen LogP contribution in [0.3, 0.4) is 0 Å². The first kappa shape index (κ1) is 23.8. The van der Waals surface area contributed by atoms with Crippen molar-refractivity contribution in [2.45, 2.75) is 13.1 Å². The van der Waals surface area contributed by atoms with Crippen molar-refractivity contribution in [3.63, 3.8) is 0 Å². The van der Waals surface area contributed by atoms with Gasteiger partial charge in [0, 0.05) is 29.2 Å². The number of benzene rings is 3. The van der Waals surface area contributed by atoms with Crippen molar-refractivity contribution in [1.29, 1.82) is 0 Å². The highest BCUT2D eigenvalue weighted by atomic mass is 19.4. The Morgan fingerprint density at radius 2 is 1.86 bits per heavy atom. The molecule has 0 spiro atoms. The molecule has 0 saturated carbocycles. The Morgan fingerprint density at radius 3 is 2.59 bits per heavy atom. The number of nitrogens with two attached hydrogens (primary N) is 1. The number of rotatable bonds is 5. The molecule has 3 aromatic carbocycles. The maximum absolute atomic E-state index is 13.6. The predicted molar refractivity (Wildman–Crippen MR) is 132 cm³/mol. The topological polar surface area (TPSA) is 108 Å². The summed E-state index contributed by atoms with van der Waals surface area (Å²) in [4.78, 5) is 25.1. The average molecular weight is 504 g/mol. The summed E-state index contributed by atoms with van der Waals surface area (Å²) in [5.41, 5.74) is 5.91. The van der Waals surface area contributed by atoms with Gasteiger partial charge in [-0.05, 0) is 60.2 Å². The molecule has 37 heavy (non-hydrogen) atoms. The fourth-order valence-corrected chi connectivity index (χ4v) is 3.81. The number of hydrogen-bond donors (Lipinski definition) is 2. The van der Waals surface area contributed by atoms with Crippen molar-refractivity contribution in [3.05, 3.63) is 96.3 Å². The van der Waals surface area contributed by atoms with Crippen molar-refractivity contribution >= 4 is 28.2 Å². The van der Waals surface area contributed by atoms with Crippen molar-refractivity contribution < 1.29 is 22.7 Å². The van der Waals surface area contributed by atoms with Crippen LogP contribution in [0.1, 0.15) is 21.6 Å². The highest BCUT2D eigenvalue weighted by Gasteiger charge is 2.31. The summed E-state index contributed by atoms with van der Waals surface area (Å²) in [6.45, 7) is 1.73. The molecule has 11 heteroatoms. The summed E-state index contributed by atoms with van der Waals surface area (Å²) in [5.74, 6) is 0.413. The number of hydrogen-bond acceptors (Lipinski definition) is 6. The van der Waals surface area contributed by atoms with Crippen molar-refractivity contribution in [2.75, 3.05) is 11.1 Å². The van der Waals surface area contributed by atoms with Crippen LogP contribution < -0.4 is 15.8 Å². The number of alkyl halides is 3. The molecule has 1 amide bonds. The number of amides is 1. The normalized spacial score (nSPS) is 11.5. The molecule has 0 atom stereocenters. The van der Waals surface area contributed by atoms with Crippen molar-refractivity contribution in [2.24, 2.45) is 0 Å². The molecule has 0 saturated heterocycles. The molecule has 8 nitrogen and oxygen atoms in total. The molecule has 5 aromatic rings. The number of anilines is 2. The fraction of sp³-hybridized carbons (Fsp3) is 0.0769. The first-order chi connectivity index (χ1) is 17.7. The van der Waals surface area contributed by atoms with Crippen LogP contribution in [0.15, 0.2) is 79.5 Å². The molecule has 0 fully saturated rings. The summed E-state index contributed by atoms with van der Waals surface area (Å²) in [6, 6.07) is 15.0. The van der Waals surface area contributed by atoms with Crippen molar-refractivity contribution in [1.82, 2.24) is 19.5 Å². The molecule has 0 aliphatic carbocycles. The Labute approximate surface area is 208 Å². The van der Waals surface area contributed by atoms with Gasteiger partial charge in [-0.2, -0.15) is 13.2 Å². The lowest BCUT2D eigenvalue weighted by atomic mass is 10.0. The smallest absolute Gasteiger partial charge is 0.416 e. The number of nitrogen functional groups attached to an aromatic ring is 1. The second-order valence-electron chi connectivity index (χ2n) is 8.21. The first-order valence-electron chi connectivity index (χ1n) is 11.0. The van der Waals surface area contributed by atoms with Gasteiger partial charge in [-0.3, -0.25) is 4.79 Å². The maximum Gasteiger partial charge on any atom is 0.416 e. The number of aryl methyl sites for hydroxylation is 1. The molecule has 186 valence electrons. The molecule has 0 bridgehead atoms. The van der Waals surface area contributed by atoms with Gasteiger partial charge in [-0.25, -0.2) is 15.0 Å². The molecule has 0 aliphatic rings. The molecule has 0 radical (unpaired) electrons. The van der Waals surface area contributed by atoms with E-state index in [2.05, 4.69) is 20.3 Å². The fourth-order valence-electron chi connectivity index (χ4n) is 3.81. The van der Waals surface area contributed by atoms with Gasteiger partial charge in [0.05, 0.1) is 17.6 Å². The number of halogens is 3. The van der Waals surface area contributed by atoms with E-state index < -0.39 is 17.6 Å². The minimum atomic E-state index is -4.60. The third-order valence-corrected chi connectivity index (χ3v) is 5.49. The Kier molecular flexibility index (Phi) is 5.96. The molecular formula is C26H19F3N6O2. The monoisotopic (exact) mass is 504 g/mol. The molecule has 0 aliphatic heterocycles. The largest absolute Gasteiger partial charge is 0.439 e. The number of ether oxygens (including phenoxy) is 1. The number of carbonyl (C=O) groups excluding carboxylic acids is 1.